The summed E-state index contributed by atoms with van der Waals surface area (Å²) in [6.45, 7) is 0.181. The molecule has 98 valence electrons. The fourth-order valence-corrected chi connectivity index (χ4v) is 1.68. The number of halogens is 1. The van der Waals surface area contributed by atoms with Crippen molar-refractivity contribution in [2.24, 2.45) is 0 Å². The lowest BCUT2D eigenvalue weighted by Crippen LogP contribution is -1.97. The summed E-state index contributed by atoms with van der Waals surface area (Å²) >= 11 is 3.33. The van der Waals surface area contributed by atoms with E-state index in [1.165, 1.54) is 12.5 Å². The van der Waals surface area contributed by atoms with Gasteiger partial charge in [-0.1, -0.05) is 21.1 Å². The van der Waals surface area contributed by atoms with Crippen molar-refractivity contribution in [3.05, 3.63) is 46.5 Å². The molecule has 0 bridgehead atoms. The largest absolute Gasteiger partial charge is 0.485 e. The van der Waals surface area contributed by atoms with Crippen LogP contribution in [0.1, 0.15) is 11.4 Å². The topological polar surface area (TPSA) is 85.5 Å². The molecule has 0 fully saturated rings. The SMILES string of the molecule is O=C(O)/C=C/c1cc(OCc2ncon2)ccc1Br. The second-order valence-electron chi connectivity index (χ2n) is 3.49. The number of hydrogen-bond donors (Lipinski definition) is 1. The van der Waals surface area contributed by atoms with Crippen LogP contribution >= 0.6 is 15.9 Å². The Morgan fingerprint density at radius 3 is 3.05 bits per heavy atom. The van der Waals surface area contributed by atoms with Gasteiger partial charge in [-0.25, -0.2) is 4.79 Å². The van der Waals surface area contributed by atoms with Crippen LogP contribution in [0.4, 0.5) is 0 Å². The summed E-state index contributed by atoms with van der Waals surface area (Å²) in [5.41, 5.74) is 0.702. The number of hydrogen-bond acceptors (Lipinski definition) is 5. The quantitative estimate of drug-likeness (QED) is 0.850. The van der Waals surface area contributed by atoms with Crippen molar-refractivity contribution in [3.8, 4) is 5.75 Å². The van der Waals surface area contributed by atoms with Gasteiger partial charge in [0.2, 0.25) is 12.2 Å². The van der Waals surface area contributed by atoms with Gasteiger partial charge in [0.1, 0.15) is 5.75 Å². The zero-order chi connectivity index (χ0) is 13.7. The molecule has 1 N–H and O–H groups in total. The van der Waals surface area contributed by atoms with Gasteiger partial charge in [-0.2, -0.15) is 4.98 Å². The van der Waals surface area contributed by atoms with E-state index in [9.17, 15) is 4.79 Å². The Morgan fingerprint density at radius 1 is 1.53 bits per heavy atom. The molecular weight excluding hydrogens is 316 g/mol. The van der Waals surface area contributed by atoms with Gasteiger partial charge in [-0.05, 0) is 29.8 Å². The van der Waals surface area contributed by atoms with E-state index in [2.05, 4.69) is 30.6 Å². The van der Waals surface area contributed by atoms with Crippen LogP contribution < -0.4 is 4.74 Å². The van der Waals surface area contributed by atoms with Crippen molar-refractivity contribution < 1.29 is 19.2 Å². The molecule has 7 heteroatoms. The second kappa shape index (κ2) is 6.14. The maximum atomic E-state index is 10.5. The minimum Gasteiger partial charge on any atom is -0.485 e. The maximum absolute atomic E-state index is 10.5. The Kier molecular flexibility index (Phi) is 4.30. The van der Waals surface area contributed by atoms with Gasteiger partial charge in [-0.15, -0.1) is 0 Å². The first-order chi connectivity index (χ1) is 9.15. The lowest BCUT2D eigenvalue weighted by Gasteiger charge is -2.05. The summed E-state index contributed by atoms with van der Waals surface area (Å²) in [7, 11) is 0. The minimum atomic E-state index is -1.01. The van der Waals surface area contributed by atoms with Gasteiger partial charge < -0.3 is 14.4 Å². The van der Waals surface area contributed by atoms with E-state index in [0.29, 0.717) is 17.1 Å². The highest BCUT2D eigenvalue weighted by atomic mass is 79.9. The number of aromatic nitrogens is 2. The number of rotatable bonds is 5. The van der Waals surface area contributed by atoms with Crippen molar-refractivity contribution in [3.63, 3.8) is 0 Å². The van der Waals surface area contributed by atoms with Crippen LogP contribution in [0, 0.1) is 0 Å². The minimum absolute atomic E-state index is 0.181. The Labute approximate surface area is 116 Å². The normalized spacial score (nSPS) is 10.8. The van der Waals surface area contributed by atoms with E-state index in [1.54, 1.807) is 18.2 Å². The van der Waals surface area contributed by atoms with E-state index in [1.807, 2.05) is 0 Å². The number of carboxylic acids is 1. The molecule has 0 amide bonds. The molecule has 1 aromatic carbocycles. The molecule has 0 aliphatic carbocycles. The van der Waals surface area contributed by atoms with Crippen molar-refractivity contribution in [1.82, 2.24) is 10.1 Å². The fraction of sp³-hybridized carbons (Fsp3) is 0.0833. The zero-order valence-corrected chi connectivity index (χ0v) is 11.2. The third-order valence-corrected chi connectivity index (χ3v) is 2.87. The van der Waals surface area contributed by atoms with Crippen LogP contribution in [0.15, 0.2) is 39.7 Å². The summed E-state index contributed by atoms with van der Waals surface area (Å²) in [6.07, 6.45) is 3.76. The summed E-state index contributed by atoms with van der Waals surface area (Å²) in [5.74, 6) is 0.00797. The van der Waals surface area contributed by atoms with Crippen LogP contribution in [0.25, 0.3) is 6.08 Å². The van der Waals surface area contributed by atoms with Gasteiger partial charge in [-0.3, -0.25) is 0 Å². The molecule has 2 aromatic rings. The van der Waals surface area contributed by atoms with Gasteiger partial charge in [0.05, 0.1) is 0 Å². The highest BCUT2D eigenvalue weighted by Gasteiger charge is 2.03. The average Bonchev–Trinajstić information content (AvgIpc) is 2.89. The van der Waals surface area contributed by atoms with Crippen LogP contribution in [0.5, 0.6) is 5.75 Å². The second-order valence-corrected chi connectivity index (χ2v) is 4.35. The lowest BCUT2D eigenvalue weighted by molar-refractivity contribution is -0.131. The van der Waals surface area contributed by atoms with Crippen molar-refractivity contribution in [2.45, 2.75) is 6.61 Å². The molecule has 0 saturated carbocycles. The van der Waals surface area contributed by atoms with Crippen LogP contribution in [0.3, 0.4) is 0 Å². The first-order valence-electron chi connectivity index (χ1n) is 5.24. The van der Waals surface area contributed by atoms with E-state index in [0.717, 1.165) is 10.5 Å². The highest BCUT2D eigenvalue weighted by molar-refractivity contribution is 9.10. The standard InChI is InChI=1S/C12H9BrN2O4/c13-10-3-2-9(5-8(10)1-4-12(16)17)18-6-11-14-7-19-15-11/h1-5,7H,6H2,(H,16,17)/b4-1+. The van der Waals surface area contributed by atoms with Crippen molar-refractivity contribution >= 4 is 28.0 Å². The molecule has 0 aliphatic heterocycles. The van der Waals surface area contributed by atoms with Gasteiger partial charge >= 0.3 is 5.97 Å². The number of carboxylic acid groups (broad SMARTS) is 1. The lowest BCUT2D eigenvalue weighted by atomic mass is 10.2. The summed E-state index contributed by atoms with van der Waals surface area (Å²) in [4.78, 5) is 14.3. The highest BCUT2D eigenvalue weighted by Crippen LogP contribution is 2.24. The molecule has 1 aromatic heterocycles. The fourth-order valence-electron chi connectivity index (χ4n) is 1.30. The van der Waals surface area contributed by atoms with E-state index in [-0.39, 0.29) is 6.61 Å². The summed E-state index contributed by atoms with van der Waals surface area (Å²) in [5, 5.41) is 12.2. The van der Waals surface area contributed by atoms with E-state index < -0.39 is 5.97 Å². The third-order valence-electron chi connectivity index (χ3n) is 2.15. The number of benzene rings is 1. The molecular formula is C12H9BrN2O4. The predicted molar refractivity (Wildman–Crippen MR) is 69.4 cm³/mol. The Hall–Kier alpha value is -2.15. The molecule has 0 spiro atoms. The van der Waals surface area contributed by atoms with Gasteiger partial charge in [0.25, 0.3) is 0 Å². The van der Waals surface area contributed by atoms with Crippen LogP contribution in [-0.4, -0.2) is 21.2 Å². The monoisotopic (exact) mass is 324 g/mol. The van der Waals surface area contributed by atoms with Crippen molar-refractivity contribution in [2.75, 3.05) is 0 Å². The Bertz CT molecular complexity index is 596. The predicted octanol–water partition coefficient (Wildman–Crippen LogP) is 2.51. The molecule has 0 aliphatic rings. The average molecular weight is 325 g/mol. The zero-order valence-electron chi connectivity index (χ0n) is 9.62. The van der Waals surface area contributed by atoms with Gasteiger partial charge in [0.15, 0.2) is 6.61 Å². The van der Waals surface area contributed by atoms with Gasteiger partial charge in [0, 0.05) is 10.5 Å². The molecule has 19 heavy (non-hydrogen) atoms. The number of ether oxygens (including phenoxy) is 1. The van der Waals surface area contributed by atoms with Crippen LogP contribution in [-0.2, 0) is 11.4 Å². The molecule has 1 heterocycles. The number of nitrogens with zero attached hydrogens (tertiary/aromatic N) is 2. The smallest absolute Gasteiger partial charge is 0.328 e. The third kappa shape index (κ3) is 3.92. The molecule has 0 unspecified atom stereocenters. The maximum Gasteiger partial charge on any atom is 0.328 e. The summed E-state index contributed by atoms with van der Waals surface area (Å²) in [6, 6.07) is 5.24. The Morgan fingerprint density at radius 2 is 2.37 bits per heavy atom. The molecule has 0 saturated heterocycles. The number of aliphatic carboxylic acids is 1. The molecule has 0 radical (unpaired) electrons. The van der Waals surface area contributed by atoms with E-state index in [4.69, 9.17) is 9.84 Å². The molecule has 0 atom stereocenters. The van der Waals surface area contributed by atoms with Crippen molar-refractivity contribution in [1.29, 1.82) is 0 Å². The number of carbonyl (C=O) groups is 1. The molecule has 2 rings (SSSR count). The molecule has 6 nitrogen and oxygen atoms in total. The first-order valence-corrected chi connectivity index (χ1v) is 6.03. The Balaban J connectivity index is 2.09. The first kappa shape index (κ1) is 13.3. The van der Waals surface area contributed by atoms with E-state index >= 15 is 0 Å². The van der Waals surface area contributed by atoms with Crippen LogP contribution in [0.2, 0.25) is 0 Å². The summed E-state index contributed by atoms with van der Waals surface area (Å²) < 4.78 is 10.8.